The molecule has 1 saturated heterocycles. The van der Waals surface area contributed by atoms with E-state index in [9.17, 15) is 0 Å². The summed E-state index contributed by atoms with van der Waals surface area (Å²) in [5.41, 5.74) is 0. The van der Waals surface area contributed by atoms with Crippen molar-refractivity contribution in [1.29, 1.82) is 0 Å². The van der Waals surface area contributed by atoms with Gasteiger partial charge < -0.3 is 15.0 Å². The van der Waals surface area contributed by atoms with Gasteiger partial charge in [0.25, 0.3) is 0 Å². The second-order valence-electron chi connectivity index (χ2n) is 5.83. The quantitative estimate of drug-likeness (QED) is 0.438. The van der Waals surface area contributed by atoms with Gasteiger partial charge in [-0.1, -0.05) is 13.8 Å². The van der Waals surface area contributed by atoms with E-state index in [4.69, 9.17) is 9.73 Å². The molecule has 1 aliphatic rings. The van der Waals surface area contributed by atoms with Crippen molar-refractivity contribution < 1.29 is 4.74 Å². The van der Waals surface area contributed by atoms with E-state index in [0.717, 1.165) is 44.7 Å². The first-order valence-electron chi connectivity index (χ1n) is 7.69. The summed E-state index contributed by atoms with van der Waals surface area (Å²) in [5, 5.41) is 3.41. The molecule has 0 aromatic rings. The molecule has 0 aromatic heterocycles. The maximum absolute atomic E-state index is 5.25. The first kappa shape index (κ1) is 16.3. The lowest BCUT2D eigenvalue weighted by molar-refractivity contribution is 0.157. The zero-order valence-corrected chi connectivity index (χ0v) is 13.1. The molecule has 1 rings (SSSR count). The lowest BCUT2D eigenvalue weighted by Gasteiger charge is -2.21. The van der Waals surface area contributed by atoms with Crippen molar-refractivity contribution in [3.63, 3.8) is 0 Å². The molecule has 19 heavy (non-hydrogen) atoms. The zero-order chi connectivity index (χ0) is 14.1. The Bertz CT molecular complexity index is 266. The fraction of sp³-hybridized carbons (Fsp3) is 0.933. The Morgan fingerprint density at radius 1 is 1.47 bits per heavy atom. The number of guanidine groups is 1. The second-order valence-corrected chi connectivity index (χ2v) is 5.83. The number of hydrogen-bond acceptors (Lipinski definition) is 2. The smallest absolute Gasteiger partial charge is 0.193 e. The highest BCUT2D eigenvalue weighted by Crippen LogP contribution is 2.16. The van der Waals surface area contributed by atoms with Crippen LogP contribution in [0.25, 0.3) is 0 Å². The van der Waals surface area contributed by atoms with E-state index in [-0.39, 0.29) is 0 Å². The number of ether oxygens (including phenoxy) is 1. The van der Waals surface area contributed by atoms with Gasteiger partial charge >= 0.3 is 0 Å². The number of methoxy groups -OCH3 is 1. The molecule has 0 aliphatic carbocycles. The van der Waals surface area contributed by atoms with Crippen LogP contribution in [0, 0.1) is 11.8 Å². The summed E-state index contributed by atoms with van der Waals surface area (Å²) >= 11 is 0. The number of nitrogens with zero attached hydrogens (tertiary/aromatic N) is 2. The summed E-state index contributed by atoms with van der Waals surface area (Å²) < 4.78 is 5.25. The molecule has 0 spiro atoms. The average Bonchev–Trinajstić information content (AvgIpc) is 2.82. The topological polar surface area (TPSA) is 36.9 Å². The van der Waals surface area contributed by atoms with Crippen molar-refractivity contribution >= 4 is 5.96 Å². The van der Waals surface area contributed by atoms with Crippen LogP contribution in [0.1, 0.15) is 40.0 Å². The van der Waals surface area contributed by atoms with E-state index in [2.05, 4.69) is 31.0 Å². The predicted octanol–water partition coefficient (Wildman–Crippen LogP) is 2.36. The number of likely N-dealkylation sites (tertiary alicyclic amines) is 1. The Balaban J connectivity index is 2.41. The van der Waals surface area contributed by atoms with E-state index in [1.807, 2.05) is 0 Å². The Morgan fingerprint density at radius 3 is 2.89 bits per heavy atom. The van der Waals surface area contributed by atoms with Gasteiger partial charge in [-0.25, -0.2) is 0 Å². The van der Waals surface area contributed by atoms with Gasteiger partial charge in [-0.05, 0) is 32.1 Å². The third-order valence-corrected chi connectivity index (χ3v) is 3.52. The van der Waals surface area contributed by atoms with E-state index in [1.165, 1.54) is 19.3 Å². The summed E-state index contributed by atoms with van der Waals surface area (Å²) in [4.78, 5) is 7.13. The highest BCUT2D eigenvalue weighted by atomic mass is 16.5. The normalized spacial score (nSPS) is 20.4. The van der Waals surface area contributed by atoms with Crippen LogP contribution in [0.15, 0.2) is 4.99 Å². The Labute approximate surface area is 118 Å². The highest BCUT2D eigenvalue weighted by molar-refractivity contribution is 5.80. The summed E-state index contributed by atoms with van der Waals surface area (Å²) in [7, 11) is 1.79. The molecular formula is C15H31N3O. The molecule has 112 valence electrons. The molecule has 1 N–H and O–H groups in total. The molecular weight excluding hydrogens is 238 g/mol. The molecule has 0 radical (unpaired) electrons. The third kappa shape index (κ3) is 6.28. The molecule has 1 aliphatic heterocycles. The molecule has 4 heteroatoms. The number of nitrogens with one attached hydrogen (secondary N) is 1. The van der Waals surface area contributed by atoms with Crippen molar-refractivity contribution in [3.8, 4) is 0 Å². The van der Waals surface area contributed by atoms with Crippen LogP contribution in [-0.2, 0) is 4.74 Å². The number of hydrogen-bond donors (Lipinski definition) is 1. The van der Waals surface area contributed by atoms with Crippen LogP contribution in [0.2, 0.25) is 0 Å². The summed E-state index contributed by atoms with van der Waals surface area (Å²) in [5.74, 6) is 2.52. The van der Waals surface area contributed by atoms with Crippen molar-refractivity contribution in [2.75, 3.05) is 39.9 Å². The fourth-order valence-corrected chi connectivity index (χ4v) is 2.51. The summed E-state index contributed by atoms with van der Waals surface area (Å²) in [6.45, 7) is 11.6. The Morgan fingerprint density at radius 2 is 2.26 bits per heavy atom. The van der Waals surface area contributed by atoms with Gasteiger partial charge in [-0.15, -0.1) is 0 Å². The molecule has 0 amide bonds. The SMILES string of the molecule is CCNC(=NCCCC(C)C)N1CCC(COC)C1. The zero-order valence-electron chi connectivity index (χ0n) is 13.1. The monoisotopic (exact) mass is 269 g/mol. The molecule has 1 fully saturated rings. The van der Waals surface area contributed by atoms with E-state index >= 15 is 0 Å². The van der Waals surface area contributed by atoms with E-state index < -0.39 is 0 Å². The summed E-state index contributed by atoms with van der Waals surface area (Å²) in [6.07, 6.45) is 3.65. The molecule has 0 bridgehead atoms. The van der Waals surface area contributed by atoms with Crippen LogP contribution in [0.4, 0.5) is 0 Å². The Hall–Kier alpha value is -0.770. The first-order valence-corrected chi connectivity index (χ1v) is 7.69. The van der Waals surface area contributed by atoms with E-state index in [0.29, 0.717) is 5.92 Å². The minimum atomic E-state index is 0.657. The van der Waals surface area contributed by atoms with Gasteiger partial charge in [-0.3, -0.25) is 4.99 Å². The van der Waals surface area contributed by atoms with Crippen LogP contribution < -0.4 is 5.32 Å². The number of rotatable bonds is 7. The van der Waals surface area contributed by atoms with Gasteiger partial charge in [0.15, 0.2) is 5.96 Å². The average molecular weight is 269 g/mol. The minimum absolute atomic E-state index is 0.657. The largest absolute Gasteiger partial charge is 0.384 e. The fourth-order valence-electron chi connectivity index (χ4n) is 2.51. The van der Waals surface area contributed by atoms with E-state index in [1.54, 1.807) is 7.11 Å². The molecule has 1 heterocycles. The number of aliphatic imine (C=N–C) groups is 1. The first-order chi connectivity index (χ1) is 9.17. The Kier molecular flexibility index (Phi) is 7.87. The molecule has 1 atom stereocenters. The molecule has 1 unspecified atom stereocenters. The van der Waals surface area contributed by atoms with Crippen molar-refractivity contribution in [2.24, 2.45) is 16.8 Å². The molecule has 4 nitrogen and oxygen atoms in total. The third-order valence-electron chi connectivity index (χ3n) is 3.52. The molecule has 0 aromatic carbocycles. The maximum Gasteiger partial charge on any atom is 0.193 e. The van der Waals surface area contributed by atoms with Gasteiger partial charge in [0, 0.05) is 39.2 Å². The lowest BCUT2D eigenvalue weighted by Crippen LogP contribution is -2.40. The lowest BCUT2D eigenvalue weighted by atomic mass is 10.1. The van der Waals surface area contributed by atoms with Crippen LogP contribution >= 0.6 is 0 Å². The van der Waals surface area contributed by atoms with Crippen LogP contribution in [-0.4, -0.2) is 50.8 Å². The minimum Gasteiger partial charge on any atom is -0.384 e. The van der Waals surface area contributed by atoms with Crippen LogP contribution in [0.3, 0.4) is 0 Å². The van der Waals surface area contributed by atoms with Crippen LogP contribution in [0.5, 0.6) is 0 Å². The maximum atomic E-state index is 5.25. The predicted molar refractivity (Wildman–Crippen MR) is 81.6 cm³/mol. The standard InChI is InChI=1S/C15H31N3O/c1-5-16-15(17-9-6-7-13(2)3)18-10-8-14(11-18)12-19-4/h13-14H,5-12H2,1-4H3,(H,16,17). The van der Waals surface area contributed by atoms with Crippen molar-refractivity contribution in [1.82, 2.24) is 10.2 Å². The highest BCUT2D eigenvalue weighted by Gasteiger charge is 2.24. The molecule has 0 saturated carbocycles. The van der Waals surface area contributed by atoms with Crippen molar-refractivity contribution in [2.45, 2.75) is 40.0 Å². The summed E-state index contributed by atoms with van der Waals surface area (Å²) in [6, 6.07) is 0. The van der Waals surface area contributed by atoms with Crippen molar-refractivity contribution in [3.05, 3.63) is 0 Å². The van der Waals surface area contributed by atoms with Gasteiger partial charge in [0.2, 0.25) is 0 Å². The van der Waals surface area contributed by atoms with Gasteiger partial charge in [-0.2, -0.15) is 0 Å². The van der Waals surface area contributed by atoms with Gasteiger partial charge in [0.1, 0.15) is 0 Å². The second kappa shape index (κ2) is 9.18. The van der Waals surface area contributed by atoms with Gasteiger partial charge in [0.05, 0.1) is 6.61 Å².